The Balaban J connectivity index is 1.80. The van der Waals surface area contributed by atoms with Crippen molar-refractivity contribution in [2.24, 2.45) is 10.9 Å². The smallest absolute Gasteiger partial charge is 0.384 e. The van der Waals surface area contributed by atoms with E-state index in [0.717, 1.165) is 5.69 Å². The lowest BCUT2D eigenvalue weighted by molar-refractivity contribution is 0.0506. The number of halogens is 2. The number of nitrogens with two attached hydrogens (primary N) is 1. The molecule has 0 radical (unpaired) electrons. The van der Waals surface area contributed by atoms with Gasteiger partial charge in [-0.3, -0.25) is 5.10 Å². The number of nitrogens with one attached hydrogen (secondary N) is 1. The van der Waals surface area contributed by atoms with E-state index in [1.54, 1.807) is 19.9 Å². The number of carbonyl (C=O) groups excluding carboxylic acids is 1. The maximum absolute atomic E-state index is 13.2. The Labute approximate surface area is 142 Å². The normalized spacial score (nSPS) is 16.1. The molecule has 1 saturated carbocycles. The monoisotopic (exact) mass is 350 g/mol. The first-order chi connectivity index (χ1) is 11.3. The van der Waals surface area contributed by atoms with Crippen LogP contribution in [-0.2, 0) is 10.3 Å². The second-order valence-corrected chi connectivity index (χ2v) is 6.29. The number of hydrogen-bond acceptors (Lipinski definition) is 4. The Bertz CT molecular complexity index is 843. The number of carbonyl (C=O) groups is 1. The van der Waals surface area contributed by atoms with E-state index in [-0.39, 0.29) is 16.6 Å². The standard InChI is InChI=1S/C16H16ClFN4O2/c1-8-9(2)20-21-13(8)14(23)24-22-15(19)16(5-6-16)11-4-3-10(18)7-12(11)17/h3-4,7H,5-6H2,1-2H3,(H2,19,22)(H,20,21). The van der Waals surface area contributed by atoms with E-state index in [9.17, 15) is 9.18 Å². The Kier molecular flexibility index (Phi) is 4.04. The summed E-state index contributed by atoms with van der Waals surface area (Å²) in [5, 5.41) is 10.6. The molecular formula is C16H16ClFN4O2. The molecule has 6 nitrogen and oxygen atoms in total. The molecule has 3 rings (SSSR count). The van der Waals surface area contributed by atoms with Crippen LogP contribution in [0.25, 0.3) is 0 Å². The molecule has 1 heterocycles. The van der Waals surface area contributed by atoms with Crippen molar-refractivity contribution in [1.29, 1.82) is 0 Å². The summed E-state index contributed by atoms with van der Waals surface area (Å²) in [5.41, 5.74) is 7.71. The topological polar surface area (TPSA) is 93.4 Å². The Morgan fingerprint density at radius 1 is 1.46 bits per heavy atom. The van der Waals surface area contributed by atoms with Crippen molar-refractivity contribution >= 4 is 23.4 Å². The number of benzene rings is 1. The van der Waals surface area contributed by atoms with Crippen molar-refractivity contribution in [3.8, 4) is 0 Å². The van der Waals surface area contributed by atoms with Gasteiger partial charge in [-0.05, 0) is 44.4 Å². The number of aromatic amines is 1. The van der Waals surface area contributed by atoms with Crippen LogP contribution >= 0.6 is 11.6 Å². The van der Waals surface area contributed by atoms with E-state index in [1.165, 1.54) is 12.1 Å². The fraction of sp³-hybridized carbons (Fsp3) is 0.312. The molecule has 1 aromatic carbocycles. The molecule has 2 aromatic rings. The third kappa shape index (κ3) is 2.75. The molecule has 0 saturated heterocycles. The molecule has 0 unspecified atom stereocenters. The van der Waals surface area contributed by atoms with Crippen LogP contribution in [0.4, 0.5) is 4.39 Å². The second kappa shape index (κ2) is 5.90. The van der Waals surface area contributed by atoms with Gasteiger partial charge in [-0.2, -0.15) is 5.10 Å². The van der Waals surface area contributed by atoms with Crippen molar-refractivity contribution in [3.63, 3.8) is 0 Å². The number of aromatic nitrogens is 2. The van der Waals surface area contributed by atoms with Crippen LogP contribution in [0.15, 0.2) is 23.4 Å². The van der Waals surface area contributed by atoms with Gasteiger partial charge < -0.3 is 10.6 Å². The molecule has 0 bridgehead atoms. The van der Waals surface area contributed by atoms with Gasteiger partial charge in [-0.15, -0.1) is 0 Å². The summed E-state index contributed by atoms with van der Waals surface area (Å²) in [6, 6.07) is 4.12. The van der Waals surface area contributed by atoms with Crippen LogP contribution in [0.2, 0.25) is 5.02 Å². The summed E-state index contributed by atoms with van der Waals surface area (Å²) < 4.78 is 13.2. The lowest BCUT2D eigenvalue weighted by atomic mass is 9.95. The molecule has 0 amide bonds. The summed E-state index contributed by atoms with van der Waals surface area (Å²) in [7, 11) is 0. The van der Waals surface area contributed by atoms with Crippen LogP contribution in [0, 0.1) is 19.7 Å². The minimum atomic E-state index is -0.694. The number of hydrogen-bond donors (Lipinski definition) is 2. The zero-order valence-corrected chi connectivity index (χ0v) is 13.9. The number of aryl methyl sites for hydroxylation is 1. The van der Waals surface area contributed by atoms with E-state index >= 15 is 0 Å². The molecule has 1 aliphatic rings. The molecule has 126 valence electrons. The zero-order valence-electron chi connectivity index (χ0n) is 13.2. The molecule has 1 aromatic heterocycles. The maximum atomic E-state index is 13.2. The molecule has 3 N–H and O–H groups in total. The van der Waals surface area contributed by atoms with Gasteiger partial charge in [-0.25, -0.2) is 9.18 Å². The average molecular weight is 351 g/mol. The third-order valence-corrected chi connectivity index (χ3v) is 4.67. The van der Waals surface area contributed by atoms with Crippen LogP contribution < -0.4 is 5.73 Å². The Hall–Kier alpha value is -2.41. The van der Waals surface area contributed by atoms with Gasteiger partial charge in [0.2, 0.25) is 0 Å². The van der Waals surface area contributed by atoms with E-state index in [0.29, 0.717) is 24.0 Å². The molecule has 0 atom stereocenters. The van der Waals surface area contributed by atoms with Crippen LogP contribution in [0.5, 0.6) is 0 Å². The van der Waals surface area contributed by atoms with E-state index in [2.05, 4.69) is 15.4 Å². The molecule has 0 spiro atoms. The maximum Gasteiger partial charge on any atom is 0.386 e. The highest BCUT2D eigenvalue weighted by molar-refractivity contribution is 6.32. The molecule has 8 heteroatoms. The quantitative estimate of drug-likeness (QED) is 0.383. The summed E-state index contributed by atoms with van der Waals surface area (Å²) in [5.74, 6) is -0.985. The molecule has 1 fully saturated rings. The number of amidine groups is 1. The largest absolute Gasteiger partial charge is 0.386 e. The van der Waals surface area contributed by atoms with Gasteiger partial charge in [-0.1, -0.05) is 22.8 Å². The van der Waals surface area contributed by atoms with Crippen LogP contribution in [-0.4, -0.2) is 22.0 Å². The molecule has 1 aliphatic carbocycles. The first kappa shape index (κ1) is 16.4. The minimum Gasteiger partial charge on any atom is -0.384 e. The Morgan fingerprint density at radius 2 is 2.17 bits per heavy atom. The molecule has 0 aliphatic heterocycles. The van der Waals surface area contributed by atoms with Gasteiger partial charge in [0.15, 0.2) is 11.5 Å². The molecule has 24 heavy (non-hydrogen) atoms. The van der Waals surface area contributed by atoms with Gasteiger partial charge in [0.05, 0.1) is 5.41 Å². The third-order valence-electron chi connectivity index (χ3n) is 4.36. The summed E-state index contributed by atoms with van der Waals surface area (Å²) in [6.07, 6.45) is 1.40. The summed E-state index contributed by atoms with van der Waals surface area (Å²) in [4.78, 5) is 17.0. The minimum absolute atomic E-state index is 0.134. The number of H-pyrrole nitrogens is 1. The lowest BCUT2D eigenvalue weighted by Crippen LogP contribution is -2.30. The second-order valence-electron chi connectivity index (χ2n) is 5.88. The van der Waals surface area contributed by atoms with Gasteiger partial charge in [0.25, 0.3) is 0 Å². The fourth-order valence-corrected chi connectivity index (χ4v) is 2.92. The number of rotatable bonds is 4. The van der Waals surface area contributed by atoms with Crippen molar-refractivity contribution in [3.05, 3.63) is 51.6 Å². The highest BCUT2D eigenvalue weighted by Gasteiger charge is 2.50. The number of nitrogens with zero attached hydrogens (tertiary/aromatic N) is 2. The van der Waals surface area contributed by atoms with E-state index < -0.39 is 17.2 Å². The SMILES string of the molecule is Cc1[nH]nc(C(=O)O/N=C(\N)C2(c3ccc(F)cc3Cl)CC2)c1C. The molecular weight excluding hydrogens is 335 g/mol. The van der Waals surface area contributed by atoms with E-state index in [4.69, 9.17) is 22.2 Å². The van der Waals surface area contributed by atoms with Crippen molar-refractivity contribution < 1.29 is 14.0 Å². The fourth-order valence-electron chi connectivity index (χ4n) is 2.57. The van der Waals surface area contributed by atoms with Crippen LogP contribution in [0.3, 0.4) is 0 Å². The van der Waals surface area contributed by atoms with Crippen molar-refractivity contribution in [2.45, 2.75) is 32.1 Å². The first-order valence-corrected chi connectivity index (χ1v) is 7.75. The van der Waals surface area contributed by atoms with Gasteiger partial charge >= 0.3 is 5.97 Å². The summed E-state index contributed by atoms with van der Waals surface area (Å²) >= 11 is 6.11. The Morgan fingerprint density at radius 3 is 2.71 bits per heavy atom. The van der Waals surface area contributed by atoms with Crippen molar-refractivity contribution in [1.82, 2.24) is 10.2 Å². The average Bonchev–Trinajstić information content (AvgIpc) is 3.27. The lowest BCUT2D eigenvalue weighted by Gasteiger charge is -2.16. The van der Waals surface area contributed by atoms with Crippen molar-refractivity contribution in [2.75, 3.05) is 0 Å². The summed E-state index contributed by atoms with van der Waals surface area (Å²) in [6.45, 7) is 3.55. The number of oxime groups is 1. The van der Waals surface area contributed by atoms with Crippen LogP contribution in [0.1, 0.15) is 40.2 Å². The zero-order chi connectivity index (χ0) is 17.5. The first-order valence-electron chi connectivity index (χ1n) is 7.37. The van der Waals surface area contributed by atoms with Gasteiger partial charge in [0.1, 0.15) is 5.82 Å². The highest BCUT2D eigenvalue weighted by Crippen LogP contribution is 2.50. The van der Waals surface area contributed by atoms with E-state index in [1.807, 2.05) is 0 Å². The highest BCUT2D eigenvalue weighted by atomic mass is 35.5. The van der Waals surface area contributed by atoms with Gasteiger partial charge in [0, 0.05) is 16.3 Å². The predicted molar refractivity (Wildman–Crippen MR) is 87.4 cm³/mol. The predicted octanol–water partition coefficient (Wildman–Crippen LogP) is 2.98.